The Hall–Kier alpha value is -2.82. The first-order chi connectivity index (χ1) is 10.2. The Morgan fingerprint density at radius 1 is 1.05 bits per heavy atom. The third-order valence-electron chi connectivity index (χ3n) is 2.84. The van der Waals surface area contributed by atoms with Crippen molar-refractivity contribution in [1.82, 2.24) is 0 Å². The summed E-state index contributed by atoms with van der Waals surface area (Å²) in [4.78, 5) is 11.2. The van der Waals surface area contributed by atoms with E-state index in [0.29, 0.717) is 5.69 Å². The predicted molar refractivity (Wildman–Crippen MR) is 84.7 cm³/mol. The molecule has 0 saturated carbocycles. The van der Waals surface area contributed by atoms with Crippen LogP contribution in [0, 0.1) is 0 Å². The number of rotatable bonds is 4. The van der Waals surface area contributed by atoms with Crippen LogP contribution in [0.15, 0.2) is 59.7 Å². The smallest absolute Gasteiger partial charge is 0.411 e. The fourth-order valence-electron chi connectivity index (χ4n) is 1.72. The van der Waals surface area contributed by atoms with Crippen LogP contribution in [0.4, 0.5) is 16.2 Å². The molecule has 21 heavy (non-hydrogen) atoms. The molecule has 108 valence electrons. The Balaban J connectivity index is 2.10. The van der Waals surface area contributed by atoms with Gasteiger partial charge >= 0.3 is 6.09 Å². The molecule has 0 heterocycles. The molecule has 5 heteroatoms. The van der Waals surface area contributed by atoms with Crippen molar-refractivity contribution in [2.45, 2.75) is 6.92 Å². The molecule has 2 rings (SSSR count). The minimum absolute atomic E-state index is 0.496. The SMILES string of the molecule is COC(=O)Nc1cccc(/C(C)=N/Nc2ccccc2)c1. The van der Waals surface area contributed by atoms with Gasteiger partial charge in [0.2, 0.25) is 0 Å². The number of anilines is 2. The molecule has 0 aliphatic rings. The standard InChI is InChI=1S/C16H17N3O2/c1-12(18-19-14-8-4-3-5-9-14)13-7-6-10-15(11-13)17-16(20)21-2/h3-11,19H,1-2H3,(H,17,20)/b18-12+. The maximum Gasteiger partial charge on any atom is 0.411 e. The van der Waals surface area contributed by atoms with Gasteiger partial charge in [0.15, 0.2) is 0 Å². The van der Waals surface area contributed by atoms with Gasteiger partial charge in [0, 0.05) is 5.69 Å². The topological polar surface area (TPSA) is 62.7 Å². The molecule has 1 amide bonds. The summed E-state index contributed by atoms with van der Waals surface area (Å²) in [6.45, 7) is 1.90. The van der Waals surface area contributed by atoms with E-state index >= 15 is 0 Å². The van der Waals surface area contributed by atoms with Crippen molar-refractivity contribution in [2.75, 3.05) is 17.9 Å². The molecular formula is C16H17N3O2. The largest absolute Gasteiger partial charge is 0.453 e. The maximum atomic E-state index is 11.2. The number of hydrogen-bond donors (Lipinski definition) is 2. The van der Waals surface area contributed by atoms with E-state index in [-0.39, 0.29) is 0 Å². The lowest BCUT2D eigenvalue weighted by atomic mass is 10.1. The van der Waals surface area contributed by atoms with Gasteiger partial charge in [-0.05, 0) is 36.8 Å². The van der Waals surface area contributed by atoms with Gasteiger partial charge in [-0.3, -0.25) is 10.7 Å². The molecule has 5 nitrogen and oxygen atoms in total. The van der Waals surface area contributed by atoms with E-state index in [9.17, 15) is 4.79 Å². The van der Waals surface area contributed by atoms with Crippen LogP contribution in [-0.2, 0) is 4.74 Å². The predicted octanol–water partition coefficient (Wildman–Crippen LogP) is 3.70. The van der Waals surface area contributed by atoms with Crippen molar-refractivity contribution in [3.63, 3.8) is 0 Å². The number of nitrogens with zero attached hydrogens (tertiary/aromatic N) is 1. The normalized spacial score (nSPS) is 10.9. The fourth-order valence-corrected chi connectivity index (χ4v) is 1.72. The third-order valence-corrected chi connectivity index (χ3v) is 2.84. The number of ether oxygens (including phenoxy) is 1. The molecule has 0 spiro atoms. The zero-order valence-electron chi connectivity index (χ0n) is 12.0. The summed E-state index contributed by atoms with van der Waals surface area (Å²) in [6, 6.07) is 17.1. The van der Waals surface area contributed by atoms with Crippen LogP contribution >= 0.6 is 0 Å². The van der Waals surface area contributed by atoms with E-state index in [1.54, 1.807) is 6.07 Å². The molecule has 0 saturated heterocycles. The lowest BCUT2D eigenvalue weighted by molar-refractivity contribution is 0.187. The molecule has 2 N–H and O–H groups in total. The number of amides is 1. The van der Waals surface area contributed by atoms with Crippen molar-refractivity contribution < 1.29 is 9.53 Å². The number of carbonyl (C=O) groups is 1. The summed E-state index contributed by atoms with van der Waals surface area (Å²) in [6.07, 6.45) is -0.496. The Morgan fingerprint density at radius 3 is 2.48 bits per heavy atom. The minimum Gasteiger partial charge on any atom is -0.453 e. The van der Waals surface area contributed by atoms with Crippen molar-refractivity contribution in [3.8, 4) is 0 Å². The van der Waals surface area contributed by atoms with Gasteiger partial charge < -0.3 is 4.74 Å². The molecule has 0 fully saturated rings. The third kappa shape index (κ3) is 4.35. The number of para-hydroxylation sites is 1. The van der Waals surface area contributed by atoms with Crippen LogP contribution in [0.1, 0.15) is 12.5 Å². The van der Waals surface area contributed by atoms with Crippen LogP contribution in [0.5, 0.6) is 0 Å². The Bertz CT molecular complexity index is 639. The van der Waals surface area contributed by atoms with E-state index in [1.807, 2.05) is 55.5 Å². The van der Waals surface area contributed by atoms with Crippen LogP contribution in [-0.4, -0.2) is 18.9 Å². The van der Waals surface area contributed by atoms with Crippen molar-refractivity contribution in [2.24, 2.45) is 5.10 Å². The number of nitrogens with one attached hydrogen (secondary N) is 2. The second kappa shape index (κ2) is 7.09. The summed E-state index contributed by atoms with van der Waals surface area (Å²) in [5.41, 5.74) is 6.29. The highest BCUT2D eigenvalue weighted by atomic mass is 16.5. The quantitative estimate of drug-likeness (QED) is 0.664. The van der Waals surface area contributed by atoms with E-state index in [4.69, 9.17) is 0 Å². The van der Waals surface area contributed by atoms with Gasteiger partial charge in [0.25, 0.3) is 0 Å². The summed E-state index contributed by atoms with van der Waals surface area (Å²) in [5.74, 6) is 0. The first-order valence-electron chi connectivity index (χ1n) is 6.50. The summed E-state index contributed by atoms with van der Waals surface area (Å²) in [7, 11) is 1.33. The molecule has 0 radical (unpaired) electrons. The van der Waals surface area contributed by atoms with Crippen LogP contribution in [0.25, 0.3) is 0 Å². The van der Waals surface area contributed by atoms with Gasteiger partial charge in [-0.2, -0.15) is 5.10 Å². The molecule has 0 bridgehead atoms. The zero-order chi connectivity index (χ0) is 15.1. The first kappa shape index (κ1) is 14.6. The van der Waals surface area contributed by atoms with Gasteiger partial charge in [-0.25, -0.2) is 4.79 Å². The van der Waals surface area contributed by atoms with Gasteiger partial charge in [0.05, 0.1) is 18.5 Å². The Labute approximate surface area is 123 Å². The summed E-state index contributed by atoms with van der Waals surface area (Å²) in [5, 5.41) is 6.95. The van der Waals surface area contributed by atoms with E-state index in [2.05, 4.69) is 20.6 Å². The molecule has 0 atom stereocenters. The number of hydrazone groups is 1. The highest BCUT2D eigenvalue weighted by Crippen LogP contribution is 2.12. The zero-order valence-corrected chi connectivity index (χ0v) is 12.0. The van der Waals surface area contributed by atoms with Crippen molar-refractivity contribution >= 4 is 23.2 Å². The highest BCUT2D eigenvalue weighted by Gasteiger charge is 2.03. The van der Waals surface area contributed by atoms with Crippen LogP contribution in [0.2, 0.25) is 0 Å². The van der Waals surface area contributed by atoms with Crippen LogP contribution in [0.3, 0.4) is 0 Å². The number of benzene rings is 2. The average Bonchev–Trinajstić information content (AvgIpc) is 2.53. The minimum atomic E-state index is -0.496. The Morgan fingerprint density at radius 2 is 1.76 bits per heavy atom. The average molecular weight is 283 g/mol. The lowest BCUT2D eigenvalue weighted by Crippen LogP contribution is -2.11. The number of hydrogen-bond acceptors (Lipinski definition) is 4. The van der Waals surface area contributed by atoms with Crippen molar-refractivity contribution in [3.05, 3.63) is 60.2 Å². The van der Waals surface area contributed by atoms with Gasteiger partial charge in [-0.1, -0.05) is 30.3 Å². The van der Waals surface area contributed by atoms with Crippen LogP contribution < -0.4 is 10.7 Å². The second-order valence-corrected chi connectivity index (χ2v) is 4.37. The first-order valence-corrected chi connectivity index (χ1v) is 6.50. The Kier molecular flexibility index (Phi) is 4.93. The molecule has 2 aromatic rings. The van der Waals surface area contributed by atoms with Gasteiger partial charge in [-0.15, -0.1) is 0 Å². The van der Waals surface area contributed by atoms with E-state index in [0.717, 1.165) is 17.0 Å². The second-order valence-electron chi connectivity index (χ2n) is 4.37. The lowest BCUT2D eigenvalue weighted by Gasteiger charge is -2.07. The molecule has 0 aromatic heterocycles. The highest BCUT2D eigenvalue weighted by molar-refractivity contribution is 6.00. The maximum absolute atomic E-state index is 11.2. The summed E-state index contributed by atoms with van der Waals surface area (Å²) >= 11 is 0. The number of carbonyl (C=O) groups excluding carboxylic acids is 1. The molecule has 0 unspecified atom stereocenters. The van der Waals surface area contributed by atoms with Crippen molar-refractivity contribution in [1.29, 1.82) is 0 Å². The molecular weight excluding hydrogens is 266 g/mol. The molecule has 0 aliphatic carbocycles. The van der Waals surface area contributed by atoms with E-state index in [1.165, 1.54) is 7.11 Å². The van der Waals surface area contributed by atoms with E-state index < -0.39 is 6.09 Å². The fraction of sp³-hybridized carbons (Fsp3) is 0.125. The molecule has 2 aromatic carbocycles. The summed E-state index contributed by atoms with van der Waals surface area (Å²) < 4.78 is 4.57. The molecule has 0 aliphatic heterocycles. The monoisotopic (exact) mass is 283 g/mol. The van der Waals surface area contributed by atoms with Gasteiger partial charge in [0.1, 0.15) is 0 Å². The number of methoxy groups -OCH3 is 1.